The summed E-state index contributed by atoms with van der Waals surface area (Å²) in [6, 6.07) is 12.5. The lowest BCUT2D eigenvalue weighted by Crippen LogP contribution is -2.10. The fourth-order valence-electron chi connectivity index (χ4n) is 2.81. The number of ether oxygens (including phenoxy) is 2. The van der Waals surface area contributed by atoms with E-state index in [2.05, 4.69) is 15.0 Å². The number of hydrogen-bond donors (Lipinski definition) is 1. The number of aromatic nitrogens is 1. The lowest BCUT2D eigenvalue weighted by Gasteiger charge is -2.06. The molecule has 0 fully saturated rings. The van der Waals surface area contributed by atoms with Crippen LogP contribution in [-0.2, 0) is 20.9 Å². The van der Waals surface area contributed by atoms with Crippen LogP contribution in [0.4, 0.5) is 5.69 Å². The molecular formula is C21H21N3O5. The molecular weight excluding hydrogens is 374 g/mol. The molecule has 0 radical (unpaired) electrons. The summed E-state index contributed by atoms with van der Waals surface area (Å²) in [4.78, 5) is 23.7. The van der Waals surface area contributed by atoms with Gasteiger partial charge in [0.25, 0.3) is 0 Å². The molecule has 1 amide bonds. The second-order valence-electron chi connectivity index (χ2n) is 6.48. The number of methoxy groups -OCH3 is 1. The highest BCUT2D eigenvalue weighted by Crippen LogP contribution is 2.38. The van der Waals surface area contributed by atoms with Crippen molar-refractivity contribution in [2.24, 2.45) is 10.2 Å². The van der Waals surface area contributed by atoms with Crippen molar-refractivity contribution in [1.82, 2.24) is 4.57 Å². The maximum absolute atomic E-state index is 12.1. The average molecular weight is 395 g/mol. The predicted molar refractivity (Wildman–Crippen MR) is 107 cm³/mol. The van der Waals surface area contributed by atoms with Crippen LogP contribution in [-0.4, -0.2) is 35.3 Å². The Balaban J connectivity index is 1.79. The number of carbonyl (C=O) groups excluding carboxylic acids is 2. The highest BCUT2D eigenvalue weighted by Gasteiger charge is 2.18. The van der Waals surface area contributed by atoms with Gasteiger partial charge in [-0.15, -0.1) is 10.2 Å². The highest BCUT2D eigenvalue weighted by atomic mass is 16.5. The molecule has 150 valence electrons. The number of benzene rings is 2. The molecule has 8 heteroatoms. The molecule has 0 saturated heterocycles. The van der Waals surface area contributed by atoms with Crippen molar-refractivity contribution >= 4 is 28.5 Å². The minimum Gasteiger partial charge on any atom is -0.493 e. The maximum atomic E-state index is 12.1. The van der Waals surface area contributed by atoms with Crippen molar-refractivity contribution in [3.05, 3.63) is 53.6 Å². The van der Waals surface area contributed by atoms with Gasteiger partial charge in [-0.05, 0) is 43.2 Å². The first kappa shape index (κ1) is 20.1. The van der Waals surface area contributed by atoms with E-state index in [0.29, 0.717) is 16.7 Å². The first-order chi connectivity index (χ1) is 13.9. The summed E-state index contributed by atoms with van der Waals surface area (Å²) in [6.45, 7) is 3.47. The molecule has 0 unspecified atom stereocenters. The van der Waals surface area contributed by atoms with E-state index in [9.17, 15) is 14.7 Å². The molecule has 1 N–H and O–H groups in total. The summed E-state index contributed by atoms with van der Waals surface area (Å²) in [5.41, 5.74) is 2.86. The molecule has 29 heavy (non-hydrogen) atoms. The molecule has 0 bridgehead atoms. The van der Waals surface area contributed by atoms with Crippen LogP contribution in [0.2, 0.25) is 0 Å². The first-order valence-electron chi connectivity index (χ1n) is 8.92. The standard InChI is InChI=1S/C21H21N3O5/c1-13-8-9-15(10-14(13)2)29-12-18(25)22-23-20-16-6-4-5-7-17(16)24(21(20)27)11-19(26)28-3/h4-10,27H,11-12H2,1-3H3. The van der Waals surface area contributed by atoms with E-state index in [1.807, 2.05) is 26.0 Å². The molecule has 0 spiro atoms. The van der Waals surface area contributed by atoms with Gasteiger partial charge in [0.15, 0.2) is 12.3 Å². The van der Waals surface area contributed by atoms with E-state index in [1.54, 1.807) is 30.3 Å². The lowest BCUT2D eigenvalue weighted by molar-refractivity contribution is -0.141. The van der Waals surface area contributed by atoms with Crippen molar-refractivity contribution < 1.29 is 24.2 Å². The zero-order valence-corrected chi connectivity index (χ0v) is 16.4. The van der Waals surface area contributed by atoms with E-state index in [4.69, 9.17) is 4.74 Å². The van der Waals surface area contributed by atoms with Gasteiger partial charge >= 0.3 is 11.9 Å². The Morgan fingerprint density at radius 3 is 2.59 bits per heavy atom. The largest absolute Gasteiger partial charge is 0.493 e. The second kappa shape index (κ2) is 8.55. The molecule has 8 nitrogen and oxygen atoms in total. The van der Waals surface area contributed by atoms with E-state index < -0.39 is 11.9 Å². The van der Waals surface area contributed by atoms with Crippen LogP contribution < -0.4 is 4.74 Å². The van der Waals surface area contributed by atoms with Gasteiger partial charge in [-0.1, -0.05) is 24.3 Å². The smallest absolute Gasteiger partial charge is 0.325 e. The van der Waals surface area contributed by atoms with Crippen LogP contribution in [0, 0.1) is 13.8 Å². The van der Waals surface area contributed by atoms with Crippen LogP contribution in [0.5, 0.6) is 11.6 Å². The van der Waals surface area contributed by atoms with Crippen molar-refractivity contribution in [2.45, 2.75) is 20.4 Å². The molecule has 0 saturated carbocycles. The summed E-state index contributed by atoms with van der Waals surface area (Å²) in [7, 11) is 1.26. The molecule has 0 aliphatic carbocycles. The maximum Gasteiger partial charge on any atom is 0.325 e. The monoisotopic (exact) mass is 395 g/mol. The van der Waals surface area contributed by atoms with E-state index in [0.717, 1.165) is 11.1 Å². The number of carbonyl (C=O) groups is 2. The first-order valence-corrected chi connectivity index (χ1v) is 8.92. The number of hydrogen-bond acceptors (Lipinski definition) is 6. The SMILES string of the molecule is COC(=O)Cn1c(O)c(N=NC(=O)COc2ccc(C)c(C)c2)c2ccccc21. The average Bonchev–Trinajstić information content (AvgIpc) is 2.98. The van der Waals surface area contributed by atoms with Crippen molar-refractivity contribution in [1.29, 1.82) is 0 Å². The molecule has 0 atom stereocenters. The zero-order valence-electron chi connectivity index (χ0n) is 16.4. The summed E-state index contributed by atoms with van der Waals surface area (Å²) >= 11 is 0. The number of nitrogens with zero attached hydrogens (tertiary/aromatic N) is 3. The number of amides is 1. The summed E-state index contributed by atoms with van der Waals surface area (Å²) in [5.74, 6) is -0.841. The number of fused-ring (bicyclic) bond motifs is 1. The van der Waals surface area contributed by atoms with Crippen LogP contribution in [0.3, 0.4) is 0 Å². The van der Waals surface area contributed by atoms with Gasteiger partial charge in [0.05, 0.1) is 12.6 Å². The van der Waals surface area contributed by atoms with Gasteiger partial charge in [-0.3, -0.25) is 14.2 Å². The van der Waals surface area contributed by atoms with Crippen LogP contribution in [0.1, 0.15) is 11.1 Å². The number of para-hydroxylation sites is 1. The van der Waals surface area contributed by atoms with Gasteiger partial charge in [-0.25, -0.2) is 0 Å². The summed E-state index contributed by atoms with van der Waals surface area (Å²) in [5, 5.41) is 18.6. The predicted octanol–water partition coefficient (Wildman–Crippen LogP) is 3.83. The van der Waals surface area contributed by atoms with Crippen LogP contribution >= 0.6 is 0 Å². The number of esters is 1. The van der Waals surface area contributed by atoms with Gasteiger partial charge in [0, 0.05) is 5.39 Å². The Morgan fingerprint density at radius 1 is 1.10 bits per heavy atom. The number of rotatable bonds is 6. The van der Waals surface area contributed by atoms with Crippen LogP contribution in [0.15, 0.2) is 52.7 Å². The highest BCUT2D eigenvalue weighted by molar-refractivity contribution is 5.96. The van der Waals surface area contributed by atoms with E-state index in [-0.39, 0.29) is 24.7 Å². The zero-order chi connectivity index (χ0) is 21.0. The summed E-state index contributed by atoms with van der Waals surface area (Å²) < 4.78 is 11.5. The van der Waals surface area contributed by atoms with Crippen molar-refractivity contribution in [3.8, 4) is 11.6 Å². The third-order valence-electron chi connectivity index (χ3n) is 4.53. The normalized spacial score (nSPS) is 11.1. The number of aryl methyl sites for hydroxylation is 2. The quantitative estimate of drug-likeness (QED) is 0.505. The Labute approximate surface area is 167 Å². The lowest BCUT2D eigenvalue weighted by atomic mass is 10.1. The third kappa shape index (κ3) is 4.43. The Hall–Kier alpha value is -3.68. The fraction of sp³-hybridized carbons (Fsp3) is 0.238. The molecule has 0 aliphatic heterocycles. The summed E-state index contributed by atoms with van der Waals surface area (Å²) in [6.07, 6.45) is 0. The van der Waals surface area contributed by atoms with E-state index >= 15 is 0 Å². The minimum absolute atomic E-state index is 0.101. The van der Waals surface area contributed by atoms with Crippen molar-refractivity contribution in [3.63, 3.8) is 0 Å². The molecule has 0 aliphatic rings. The molecule has 2 aromatic carbocycles. The Morgan fingerprint density at radius 2 is 1.86 bits per heavy atom. The molecule has 3 rings (SSSR count). The molecule has 3 aromatic rings. The van der Waals surface area contributed by atoms with E-state index in [1.165, 1.54) is 11.7 Å². The van der Waals surface area contributed by atoms with Crippen molar-refractivity contribution in [2.75, 3.05) is 13.7 Å². The molecule has 1 aromatic heterocycles. The molecule has 1 heterocycles. The number of aromatic hydroxyl groups is 1. The third-order valence-corrected chi connectivity index (χ3v) is 4.53. The Bertz CT molecular complexity index is 1100. The second-order valence-corrected chi connectivity index (χ2v) is 6.48. The van der Waals surface area contributed by atoms with Gasteiger partial charge in [0.1, 0.15) is 12.3 Å². The van der Waals surface area contributed by atoms with Crippen LogP contribution in [0.25, 0.3) is 10.9 Å². The fourth-order valence-corrected chi connectivity index (χ4v) is 2.81. The van der Waals surface area contributed by atoms with Gasteiger partial charge in [0.2, 0.25) is 5.88 Å². The topological polar surface area (TPSA) is 102 Å². The van der Waals surface area contributed by atoms with Gasteiger partial charge in [-0.2, -0.15) is 0 Å². The van der Waals surface area contributed by atoms with Gasteiger partial charge < -0.3 is 14.6 Å². The minimum atomic E-state index is -0.604. The number of azo groups is 1. The Kier molecular flexibility index (Phi) is 5.92.